The Morgan fingerprint density at radius 2 is 2.18 bits per heavy atom. The van der Waals surface area contributed by atoms with Crippen molar-refractivity contribution in [1.82, 2.24) is 4.98 Å². The molecule has 0 bridgehead atoms. The van der Waals surface area contributed by atoms with Gasteiger partial charge in [-0.25, -0.2) is 13.4 Å². The Kier molecular flexibility index (Phi) is 5.35. The molecule has 7 heteroatoms. The van der Waals surface area contributed by atoms with Gasteiger partial charge in [0.2, 0.25) is 10.0 Å². The Labute approximate surface area is 110 Å². The monoisotopic (exact) mass is 322 g/mol. The van der Waals surface area contributed by atoms with Gasteiger partial charge < -0.3 is 4.74 Å². The molecule has 0 aliphatic heterocycles. The Morgan fingerprint density at radius 3 is 2.76 bits per heavy atom. The average Bonchev–Trinajstić information content (AvgIpc) is 2.15. The van der Waals surface area contributed by atoms with Gasteiger partial charge >= 0.3 is 0 Å². The number of hydrogen-bond acceptors (Lipinski definition) is 4. The fourth-order valence-electron chi connectivity index (χ4n) is 1.07. The van der Waals surface area contributed by atoms with Gasteiger partial charge in [-0.1, -0.05) is 6.07 Å². The molecular formula is C10H15BrN2O3S. The van der Waals surface area contributed by atoms with Crippen LogP contribution in [0.15, 0.2) is 22.8 Å². The fourth-order valence-corrected chi connectivity index (χ4v) is 2.26. The van der Waals surface area contributed by atoms with Crippen LogP contribution in [0.3, 0.4) is 0 Å². The highest BCUT2D eigenvalue weighted by molar-refractivity contribution is 9.10. The topological polar surface area (TPSA) is 68.3 Å². The van der Waals surface area contributed by atoms with Crippen molar-refractivity contribution in [2.24, 2.45) is 0 Å². The molecule has 0 amide bonds. The Balaban J connectivity index is 2.55. The number of nitrogens with zero attached hydrogens (tertiary/aromatic N) is 1. The molecule has 96 valence electrons. The predicted molar refractivity (Wildman–Crippen MR) is 70.4 cm³/mol. The highest BCUT2D eigenvalue weighted by Gasteiger charge is 2.11. The number of sulfonamides is 1. The largest absolute Gasteiger partial charge is 0.378 e. The highest BCUT2D eigenvalue weighted by atomic mass is 79.9. The van der Waals surface area contributed by atoms with Crippen molar-refractivity contribution in [2.45, 2.75) is 20.0 Å². The summed E-state index contributed by atoms with van der Waals surface area (Å²) in [5, 5.41) is 0. The van der Waals surface area contributed by atoms with Crippen LogP contribution in [0.25, 0.3) is 0 Å². The molecule has 0 aliphatic carbocycles. The minimum atomic E-state index is -3.41. The second-order valence-electron chi connectivity index (χ2n) is 3.69. The molecule has 0 atom stereocenters. The second kappa shape index (κ2) is 6.32. The lowest BCUT2D eigenvalue weighted by Gasteiger charge is -2.09. The van der Waals surface area contributed by atoms with E-state index >= 15 is 0 Å². The maximum absolute atomic E-state index is 11.6. The van der Waals surface area contributed by atoms with Crippen molar-refractivity contribution in [1.29, 1.82) is 0 Å². The zero-order valence-electron chi connectivity index (χ0n) is 9.68. The molecule has 17 heavy (non-hydrogen) atoms. The molecule has 0 unspecified atom stereocenters. The van der Waals surface area contributed by atoms with Crippen LogP contribution < -0.4 is 4.72 Å². The third-order valence-corrected chi connectivity index (χ3v) is 3.44. The van der Waals surface area contributed by atoms with E-state index in [9.17, 15) is 8.42 Å². The second-order valence-corrected chi connectivity index (χ2v) is 6.34. The van der Waals surface area contributed by atoms with Gasteiger partial charge in [0, 0.05) is 0 Å². The average molecular weight is 323 g/mol. The van der Waals surface area contributed by atoms with Gasteiger partial charge in [0.25, 0.3) is 0 Å². The lowest BCUT2D eigenvalue weighted by Crippen LogP contribution is -2.22. The summed E-state index contributed by atoms with van der Waals surface area (Å²) >= 11 is 3.17. The van der Waals surface area contributed by atoms with E-state index in [4.69, 9.17) is 4.74 Å². The van der Waals surface area contributed by atoms with Crippen LogP contribution in [-0.2, 0) is 14.8 Å². The predicted octanol–water partition coefficient (Wildman–Crippen LogP) is 2.01. The molecule has 1 rings (SSSR count). The zero-order valence-corrected chi connectivity index (χ0v) is 12.1. The summed E-state index contributed by atoms with van der Waals surface area (Å²) in [5.74, 6) is 0.211. The van der Waals surface area contributed by atoms with Gasteiger partial charge in [0.05, 0.1) is 18.5 Å². The Morgan fingerprint density at radius 1 is 1.47 bits per heavy atom. The van der Waals surface area contributed by atoms with Gasteiger partial charge in [0.1, 0.15) is 10.4 Å². The Bertz CT molecular complexity index is 462. The molecule has 1 aromatic heterocycles. The van der Waals surface area contributed by atoms with E-state index in [0.29, 0.717) is 10.4 Å². The van der Waals surface area contributed by atoms with E-state index in [1.54, 1.807) is 18.2 Å². The summed E-state index contributed by atoms with van der Waals surface area (Å²) in [7, 11) is -3.41. The third kappa shape index (κ3) is 5.99. The van der Waals surface area contributed by atoms with Crippen LogP contribution >= 0.6 is 15.9 Å². The van der Waals surface area contributed by atoms with Crippen molar-refractivity contribution in [3.63, 3.8) is 0 Å². The Hall–Kier alpha value is -0.660. The minimum absolute atomic E-state index is 0.0224. The summed E-state index contributed by atoms with van der Waals surface area (Å²) in [6.45, 7) is 3.88. The van der Waals surface area contributed by atoms with Crippen molar-refractivity contribution >= 4 is 31.8 Å². The molecule has 1 aromatic rings. The minimum Gasteiger partial charge on any atom is -0.378 e. The van der Waals surface area contributed by atoms with Crippen LogP contribution in [0, 0.1) is 0 Å². The molecule has 0 saturated heterocycles. The lowest BCUT2D eigenvalue weighted by molar-refractivity contribution is 0.0913. The number of anilines is 1. The number of aromatic nitrogens is 1. The van der Waals surface area contributed by atoms with Crippen molar-refractivity contribution in [2.75, 3.05) is 17.1 Å². The van der Waals surface area contributed by atoms with Gasteiger partial charge in [0.15, 0.2) is 0 Å². The summed E-state index contributed by atoms with van der Waals surface area (Å²) in [6, 6.07) is 5.02. The van der Waals surface area contributed by atoms with E-state index in [1.165, 1.54) is 0 Å². The summed E-state index contributed by atoms with van der Waals surface area (Å²) in [6.07, 6.45) is 0.0224. The third-order valence-electron chi connectivity index (χ3n) is 1.78. The molecule has 0 aliphatic rings. The fraction of sp³-hybridized carbons (Fsp3) is 0.500. The summed E-state index contributed by atoms with van der Waals surface area (Å²) in [5.41, 5.74) is 0. The van der Waals surface area contributed by atoms with Crippen LogP contribution in [0.2, 0.25) is 0 Å². The van der Waals surface area contributed by atoms with E-state index in [2.05, 4.69) is 25.6 Å². The lowest BCUT2D eigenvalue weighted by atomic mass is 10.5. The number of nitrogens with one attached hydrogen (secondary N) is 1. The molecule has 1 N–H and O–H groups in total. The van der Waals surface area contributed by atoms with Gasteiger partial charge in [-0.2, -0.15) is 0 Å². The molecule has 0 aromatic carbocycles. The molecule has 5 nitrogen and oxygen atoms in total. The van der Waals surface area contributed by atoms with E-state index in [-0.39, 0.29) is 18.5 Å². The molecule has 0 radical (unpaired) electrons. The molecule has 0 spiro atoms. The van der Waals surface area contributed by atoms with Crippen molar-refractivity contribution in [3.8, 4) is 0 Å². The van der Waals surface area contributed by atoms with Crippen LogP contribution in [-0.4, -0.2) is 31.9 Å². The first-order valence-electron chi connectivity index (χ1n) is 5.14. The van der Waals surface area contributed by atoms with Gasteiger partial charge in [-0.05, 0) is 41.9 Å². The number of ether oxygens (including phenoxy) is 1. The normalized spacial score (nSPS) is 11.8. The van der Waals surface area contributed by atoms with Crippen molar-refractivity contribution in [3.05, 3.63) is 22.8 Å². The van der Waals surface area contributed by atoms with E-state index < -0.39 is 10.0 Å². The molecule has 0 saturated carbocycles. The van der Waals surface area contributed by atoms with Crippen LogP contribution in [0.1, 0.15) is 13.8 Å². The smallest absolute Gasteiger partial charge is 0.236 e. The first-order chi connectivity index (χ1) is 7.89. The standard InChI is InChI=1S/C10H15BrN2O3S/c1-8(2)16-6-7-17(14,15)13-10-5-3-4-9(11)12-10/h3-5,8H,6-7H2,1-2H3,(H,12,13). The number of rotatable bonds is 6. The maximum atomic E-state index is 11.6. The quantitative estimate of drug-likeness (QED) is 0.813. The van der Waals surface area contributed by atoms with Crippen LogP contribution in [0.5, 0.6) is 0 Å². The first kappa shape index (κ1) is 14.4. The van der Waals surface area contributed by atoms with Gasteiger partial charge in [-0.15, -0.1) is 0 Å². The molecular weight excluding hydrogens is 308 g/mol. The van der Waals surface area contributed by atoms with Crippen molar-refractivity contribution < 1.29 is 13.2 Å². The van der Waals surface area contributed by atoms with E-state index in [1.807, 2.05) is 13.8 Å². The van der Waals surface area contributed by atoms with Gasteiger partial charge in [-0.3, -0.25) is 4.72 Å². The van der Waals surface area contributed by atoms with E-state index in [0.717, 1.165) is 0 Å². The summed E-state index contributed by atoms with van der Waals surface area (Å²) < 4.78 is 31.4. The summed E-state index contributed by atoms with van der Waals surface area (Å²) in [4.78, 5) is 3.99. The highest BCUT2D eigenvalue weighted by Crippen LogP contribution is 2.11. The molecule has 0 fully saturated rings. The SMILES string of the molecule is CC(C)OCCS(=O)(=O)Nc1cccc(Br)n1. The first-order valence-corrected chi connectivity index (χ1v) is 7.58. The number of halogens is 1. The number of pyridine rings is 1. The zero-order chi connectivity index (χ0) is 12.9. The maximum Gasteiger partial charge on any atom is 0.236 e. The van der Waals surface area contributed by atoms with Crippen LogP contribution in [0.4, 0.5) is 5.82 Å². The molecule has 1 heterocycles. The number of hydrogen-bond donors (Lipinski definition) is 1.